The van der Waals surface area contributed by atoms with Crippen LogP contribution in [-0.2, 0) is 4.74 Å². The van der Waals surface area contributed by atoms with Gasteiger partial charge in [-0.3, -0.25) is 0 Å². The molecule has 2 N–H and O–H groups in total. The number of nitrogen functional groups attached to an aromatic ring is 1. The highest BCUT2D eigenvalue weighted by atomic mass is 32.1. The molecule has 0 aliphatic rings. The lowest BCUT2D eigenvalue weighted by Crippen LogP contribution is -2.26. The highest BCUT2D eigenvalue weighted by molar-refractivity contribution is 7.13. The van der Waals surface area contributed by atoms with Crippen molar-refractivity contribution in [3.63, 3.8) is 0 Å². The third-order valence-corrected chi connectivity index (χ3v) is 2.65. The summed E-state index contributed by atoms with van der Waals surface area (Å²) in [6, 6.07) is 0. The molecular weight excluding hydrogens is 252 g/mol. The van der Waals surface area contributed by atoms with Crippen LogP contribution in [0.5, 0.6) is 0 Å². The summed E-state index contributed by atoms with van der Waals surface area (Å²) in [5, 5.41) is 2.26. The van der Waals surface area contributed by atoms with E-state index >= 15 is 0 Å². The van der Waals surface area contributed by atoms with Crippen LogP contribution < -0.4 is 5.73 Å². The Morgan fingerprint density at radius 1 is 1.44 bits per heavy atom. The molecule has 18 heavy (non-hydrogen) atoms. The van der Waals surface area contributed by atoms with E-state index in [0.29, 0.717) is 16.5 Å². The van der Waals surface area contributed by atoms with E-state index in [2.05, 4.69) is 9.97 Å². The molecule has 2 aromatic rings. The number of nitrogens with two attached hydrogens (primary N) is 1. The quantitative estimate of drug-likeness (QED) is 0.856. The minimum atomic E-state index is -0.535. The summed E-state index contributed by atoms with van der Waals surface area (Å²) in [5.41, 5.74) is 6.26. The highest BCUT2D eigenvalue weighted by Gasteiger charge is 2.18. The van der Waals surface area contributed by atoms with Gasteiger partial charge in [0.05, 0.1) is 0 Å². The Hall–Kier alpha value is -1.89. The second kappa shape index (κ2) is 4.41. The van der Waals surface area contributed by atoms with E-state index in [1.807, 2.05) is 20.8 Å². The van der Waals surface area contributed by atoms with Crippen molar-refractivity contribution in [1.82, 2.24) is 14.5 Å². The van der Waals surface area contributed by atoms with E-state index in [1.165, 1.54) is 22.2 Å². The monoisotopic (exact) mass is 266 g/mol. The van der Waals surface area contributed by atoms with Crippen LogP contribution >= 0.6 is 11.3 Å². The number of hydrogen-bond acceptors (Lipinski definition) is 6. The number of rotatable bonds is 1. The molecule has 0 fully saturated rings. The fraction of sp³-hybridized carbons (Fsp3) is 0.364. The van der Waals surface area contributed by atoms with Crippen LogP contribution in [0, 0.1) is 0 Å². The van der Waals surface area contributed by atoms with Crippen LogP contribution in [0.25, 0.3) is 11.4 Å². The first kappa shape index (κ1) is 12.6. The van der Waals surface area contributed by atoms with Crippen LogP contribution in [0.15, 0.2) is 17.9 Å². The largest absolute Gasteiger partial charge is 0.443 e. The maximum Gasteiger partial charge on any atom is 0.419 e. The standard InChI is InChI=1S/C11H14N4O2S/c1-11(2,3)17-10(16)15-4-7(13-6-15)8-5-18-9(12)14-8/h4-6H,1-3H3,(H2,12,14). The first-order chi connectivity index (χ1) is 8.35. The summed E-state index contributed by atoms with van der Waals surface area (Å²) in [4.78, 5) is 20.0. The normalized spacial score (nSPS) is 11.5. The van der Waals surface area contributed by atoms with Gasteiger partial charge < -0.3 is 10.5 Å². The molecule has 96 valence electrons. The molecular formula is C11H14N4O2S. The van der Waals surface area contributed by atoms with E-state index in [9.17, 15) is 4.79 Å². The molecule has 0 bridgehead atoms. The zero-order valence-electron chi connectivity index (χ0n) is 10.4. The lowest BCUT2D eigenvalue weighted by molar-refractivity contribution is 0.0536. The Morgan fingerprint density at radius 2 is 2.17 bits per heavy atom. The summed E-state index contributed by atoms with van der Waals surface area (Å²) in [6.45, 7) is 5.43. The number of carbonyl (C=O) groups excluding carboxylic acids is 1. The Kier molecular flexibility index (Phi) is 3.08. The Morgan fingerprint density at radius 3 is 2.72 bits per heavy atom. The van der Waals surface area contributed by atoms with Gasteiger partial charge in [0.2, 0.25) is 0 Å². The molecule has 0 saturated heterocycles. The molecule has 0 atom stereocenters. The third kappa shape index (κ3) is 2.86. The van der Waals surface area contributed by atoms with Crippen LogP contribution in [-0.4, -0.2) is 26.2 Å². The molecule has 0 aliphatic carbocycles. The van der Waals surface area contributed by atoms with Gasteiger partial charge in [0, 0.05) is 11.6 Å². The second-order valence-corrected chi connectivity index (χ2v) is 5.61. The van der Waals surface area contributed by atoms with E-state index in [0.717, 1.165) is 0 Å². The van der Waals surface area contributed by atoms with Crippen molar-refractivity contribution in [2.24, 2.45) is 0 Å². The van der Waals surface area contributed by atoms with Crippen molar-refractivity contribution < 1.29 is 9.53 Å². The molecule has 0 aromatic carbocycles. The zero-order chi connectivity index (χ0) is 13.3. The number of aromatic nitrogens is 3. The molecule has 0 unspecified atom stereocenters. The van der Waals surface area contributed by atoms with Crippen molar-refractivity contribution in [2.45, 2.75) is 26.4 Å². The predicted molar refractivity (Wildman–Crippen MR) is 69.4 cm³/mol. The van der Waals surface area contributed by atoms with E-state index in [-0.39, 0.29) is 0 Å². The van der Waals surface area contributed by atoms with E-state index in [4.69, 9.17) is 10.5 Å². The topological polar surface area (TPSA) is 83.0 Å². The molecule has 0 saturated carbocycles. The molecule has 6 nitrogen and oxygen atoms in total. The molecule has 0 aliphatic heterocycles. The van der Waals surface area contributed by atoms with Crippen molar-refractivity contribution in [3.8, 4) is 11.4 Å². The number of ether oxygens (including phenoxy) is 1. The van der Waals surface area contributed by atoms with Gasteiger partial charge in [-0.2, -0.15) is 0 Å². The molecule has 2 heterocycles. The first-order valence-electron chi connectivity index (χ1n) is 5.34. The Bertz CT molecular complexity index is 568. The van der Waals surface area contributed by atoms with Gasteiger partial charge in [0.15, 0.2) is 5.13 Å². The van der Waals surface area contributed by atoms with E-state index in [1.54, 1.807) is 11.6 Å². The molecule has 0 radical (unpaired) electrons. The molecule has 0 amide bonds. The SMILES string of the molecule is CC(C)(C)OC(=O)n1cnc(-c2csc(N)n2)c1. The summed E-state index contributed by atoms with van der Waals surface area (Å²) in [5.74, 6) is 0. The smallest absolute Gasteiger partial charge is 0.419 e. The predicted octanol–water partition coefficient (Wildman–Crippen LogP) is 2.37. The van der Waals surface area contributed by atoms with Crippen LogP contribution in [0.1, 0.15) is 20.8 Å². The number of hydrogen-bond donors (Lipinski definition) is 1. The molecule has 0 spiro atoms. The fourth-order valence-electron chi connectivity index (χ4n) is 1.27. The van der Waals surface area contributed by atoms with Gasteiger partial charge in [0.1, 0.15) is 23.3 Å². The van der Waals surface area contributed by atoms with Crippen LogP contribution in [0.3, 0.4) is 0 Å². The maximum absolute atomic E-state index is 11.8. The number of anilines is 1. The van der Waals surface area contributed by atoms with Crippen LogP contribution in [0.4, 0.5) is 9.93 Å². The number of nitrogens with zero attached hydrogens (tertiary/aromatic N) is 3. The molecule has 2 aromatic heterocycles. The second-order valence-electron chi connectivity index (χ2n) is 4.72. The van der Waals surface area contributed by atoms with Gasteiger partial charge in [-0.25, -0.2) is 19.3 Å². The number of carbonyl (C=O) groups is 1. The average Bonchev–Trinajstić information content (AvgIpc) is 2.82. The minimum Gasteiger partial charge on any atom is -0.443 e. The van der Waals surface area contributed by atoms with Crippen molar-refractivity contribution >= 4 is 22.6 Å². The lowest BCUT2D eigenvalue weighted by Gasteiger charge is -2.18. The Labute approximate surface area is 108 Å². The first-order valence-corrected chi connectivity index (χ1v) is 6.22. The third-order valence-electron chi connectivity index (χ3n) is 1.97. The zero-order valence-corrected chi connectivity index (χ0v) is 11.2. The molecule has 7 heteroatoms. The van der Waals surface area contributed by atoms with Crippen molar-refractivity contribution in [2.75, 3.05) is 5.73 Å². The lowest BCUT2D eigenvalue weighted by atomic mass is 10.2. The van der Waals surface area contributed by atoms with Gasteiger partial charge in [-0.1, -0.05) is 0 Å². The summed E-state index contributed by atoms with van der Waals surface area (Å²) in [6.07, 6.45) is 2.51. The Balaban J connectivity index is 2.18. The van der Waals surface area contributed by atoms with Gasteiger partial charge in [-0.15, -0.1) is 11.3 Å². The summed E-state index contributed by atoms with van der Waals surface area (Å²) >= 11 is 1.33. The van der Waals surface area contributed by atoms with Gasteiger partial charge in [0.25, 0.3) is 0 Å². The van der Waals surface area contributed by atoms with Crippen LogP contribution in [0.2, 0.25) is 0 Å². The summed E-state index contributed by atoms with van der Waals surface area (Å²) in [7, 11) is 0. The van der Waals surface area contributed by atoms with Gasteiger partial charge >= 0.3 is 6.09 Å². The van der Waals surface area contributed by atoms with Crippen molar-refractivity contribution in [1.29, 1.82) is 0 Å². The minimum absolute atomic E-state index is 0.468. The maximum atomic E-state index is 11.8. The van der Waals surface area contributed by atoms with Crippen molar-refractivity contribution in [3.05, 3.63) is 17.9 Å². The average molecular weight is 266 g/mol. The van der Waals surface area contributed by atoms with Gasteiger partial charge in [-0.05, 0) is 20.8 Å². The van der Waals surface area contributed by atoms with E-state index < -0.39 is 11.7 Å². The highest BCUT2D eigenvalue weighted by Crippen LogP contribution is 2.21. The molecule has 2 rings (SSSR count). The summed E-state index contributed by atoms with van der Waals surface area (Å²) < 4.78 is 6.51. The fourth-order valence-corrected chi connectivity index (χ4v) is 1.83. The number of imidazole rings is 1. The number of thiazole rings is 1.